The Kier molecular flexibility index (Phi) is 5.46. The highest BCUT2D eigenvalue weighted by Gasteiger charge is 2.19. The quantitative estimate of drug-likeness (QED) is 0.881. The van der Waals surface area contributed by atoms with Gasteiger partial charge in [0, 0.05) is 11.1 Å². The van der Waals surface area contributed by atoms with Gasteiger partial charge in [-0.25, -0.2) is 4.39 Å². The van der Waals surface area contributed by atoms with Crippen LogP contribution in [0.3, 0.4) is 0 Å². The van der Waals surface area contributed by atoms with E-state index in [4.69, 9.17) is 11.6 Å². The van der Waals surface area contributed by atoms with E-state index >= 15 is 0 Å². The number of hydrogen-bond acceptors (Lipinski definition) is 4. The van der Waals surface area contributed by atoms with Crippen LogP contribution in [0.5, 0.6) is 0 Å². The second-order valence-corrected chi connectivity index (χ2v) is 5.84. The lowest BCUT2D eigenvalue weighted by Gasteiger charge is -2.16. The molecule has 0 fully saturated rings. The van der Waals surface area contributed by atoms with Gasteiger partial charge in [0.2, 0.25) is 0 Å². The molecule has 108 valence electrons. The summed E-state index contributed by atoms with van der Waals surface area (Å²) in [6.45, 7) is 2.11. The van der Waals surface area contributed by atoms with Gasteiger partial charge in [-0.2, -0.15) is 0 Å². The monoisotopic (exact) mass is 313 g/mol. The summed E-state index contributed by atoms with van der Waals surface area (Å²) in [5, 5.41) is 7.81. The molecule has 0 aliphatic carbocycles. The Balaban J connectivity index is 2.22. The average molecular weight is 314 g/mol. The Morgan fingerprint density at radius 3 is 2.90 bits per heavy atom. The molecule has 1 aromatic heterocycles. The van der Waals surface area contributed by atoms with E-state index in [0.29, 0.717) is 17.0 Å². The fraction of sp³-hybridized carbons (Fsp3) is 0.429. The number of rotatable bonds is 6. The molecule has 1 unspecified atom stereocenters. The second-order valence-electron chi connectivity index (χ2n) is 4.61. The second kappa shape index (κ2) is 7.11. The van der Waals surface area contributed by atoms with Gasteiger partial charge in [-0.15, -0.1) is 5.10 Å². The number of hydrogen-bond donors (Lipinski definition) is 1. The molecule has 1 aromatic carbocycles. The van der Waals surface area contributed by atoms with E-state index < -0.39 is 0 Å². The summed E-state index contributed by atoms with van der Waals surface area (Å²) in [6.07, 6.45) is 2.47. The van der Waals surface area contributed by atoms with E-state index in [-0.39, 0.29) is 11.9 Å². The third-order valence-corrected chi connectivity index (χ3v) is 4.29. The summed E-state index contributed by atoms with van der Waals surface area (Å²) in [4.78, 5) is 1.09. The molecule has 20 heavy (non-hydrogen) atoms. The lowest BCUT2D eigenvalue weighted by atomic mass is 10.0. The maximum Gasteiger partial charge on any atom is 0.127 e. The third-order valence-electron chi connectivity index (χ3n) is 3.18. The van der Waals surface area contributed by atoms with E-state index in [1.807, 2.05) is 7.05 Å². The van der Waals surface area contributed by atoms with Gasteiger partial charge >= 0.3 is 0 Å². The number of nitrogens with one attached hydrogen (secondary N) is 1. The smallest absolute Gasteiger partial charge is 0.127 e. The van der Waals surface area contributed by atoms with Crippen LogP contribution in [0, 0.1) is 5.82 Å². The molecule has 0 bridgehead atoms. The minimum absolute atomic E-state index is 0.0206. The van der Waals surface area contributed by atoms with Crippen molar-refractivity contribution in [3.63, 3.8) is 0 Å². The molecule has 0 radical (unpaired) electrons. The molecule has 0 saturated carbocycles. The minimum Gasteiger partial charge on any atom is -0.312 e. The minimum atomic E-state index is -0.271. The van der Waals surface area contributed by atoms with Crippen LogP contribution in [0.4, 0.5) is 4.39 Å². The van der Waals surface area contributed by atoms with E-state index in [2.05, 4.69) is 21.8 Å². The number of aromatic nitrogens is 2. The molecule has 0 amide bonds. The zero-order chi connectivity index (χ0) is 14.5. The van der Waals surface area contributed by atoms with E-state index in [0.717, 1.165) is 23.4 Å². The van der Waals surface area contributed by atoms with Crippen LogP contribution in [-0.2, 0) is 12.8 Å². The molecule has 2 aromatic rings. The van der Waals surface area contributed by atoms with Crippen LogP contribution in [0.25, 0.3) is 0 Å². The maximum atomic E-state index is 13.9. The zero-order valence-corrected chi connectivity index (χ0v) is 13.1. The van der Waals surface area contributed by atoms with Crippen molar-refractivity contribution in [2.75, 3.05) is 7.05 Å². The summed E-state index contributed by atoms with van der Waals surface area (Å²) < 4.78 is 17.9. The van der Waals surface area contributed by atoms with Crippen molar-refractivity contribution in [1.82, 2.24) is 14.9 Å². The van der Waals surface area contributed by atoms with Gasteiger partial charge in [0.15, 0.2) is 0 Å². The van der Waals surface area contributed by atoms with Crippen molar-refractivity contribution >= 4 is 23.1 Å². The van der Waals surface area contributed by atoms with Crippen LogP contribution >= 0.6 is 23.1 Å². The molecule has 0 saturated heterocycles. The van der Waals surface area contributed by atoms with Crippen molar-refractivity contribution in [3.8, 4) is 0 Å². The first kappa shape index (κ1) is 15.4. The fourth-order valence-electron chi connectivity index (χ4n) is 2.12. The predicted molar refractivity (Wildman–Crippen MR) is 80.8 cm³/mol. The van der Waals surface area contributed by atoms with Crippen molar-refractivity contribution in [1.29, 1.82) is 0 Å². The predicted octanol–water partition coefficient (Wildman–Crippen LogP) is 3.79. The van der Waals surface area contributed by atoms with Crippen molar-refractivity contribution in [2.24, 2.45) is 0 Å². The zero-order valence-electron chi connectivity index (χ0n) is 11.5. The molecule has 0 aliphatic rings. The summed E-state index contributed by atoms with van der Waals surface area (Å²) >= 11 is 7.16. The van der Waals surface area contributed by atoms with Crippen LogP contribution < -0.4 is 5.32 Å². The highest BCUT2D eigenvalue weighted by atomic mass is 35.5. The van der Waals surface area contributed by atoms with Crippen LogP contribution in [0.15, 0.2) is 18.2 Å². The van der Waals surface area contributed by atoms with Gasteiger partial charge in [-0.1, -0.05) is 35.5 Å². The molecular weight excluding hydrogens is 297 g/mol. The van der Waals surface area contributed by atoms with Crippen molar-refractivity contribution in [2.45, 2.75) is 32.2 Å². The number of halogens is 2. The van der Waals surface area contributed by atoms with Gasteiger partial charge in [0.25, 0.3) is 0 Å². The Morgan fingerprint density at radius 2 is 2.25 bits per heavy atom. The largest absolute Gasteiger partial charge is 0.312 e. The first-order chi connectivity index (χ1) is 9.65. The lowest BCUT2D eigenvalue weighted by Crippen LogP contribution is -2.19. The number of aryl methyl sites for hydroxylation is 1. The van der Waals surface area contributed by atoms with Gasteiger partial charge in [0.05, 0.1) is 10.6 Å². The molecular formula is C14H17ClFN3S. The van der Waals surface area contributed by atoms with Crippen LogP contribution in [-0.4, -0.2) is 16.6 Å². The van der Waals surface area contributed by atoms with Gasteiger partial charge < -0.3 is 5.32 Å². The normalized spacial score (nSPS) is 12.6. The molecule has 6 heteroatoms. The fourth-order valence-corrected chi connectivity index (χ4v) is 3.09. The average Bonchev–Trinajstić information content (AvgIpc) is 2.87. The molecule has 1 N–H and O–H groups in total. The van der Waals surface area contributed by atoms with Crippen molar-refractivity contribution in [3.05, 3.63) is 45.2 Å². The van der Waals surface area contributed by atoms with Crippen molar-refractivity contribution < 1.29 is 4.39 Å². The van der Waals surface area contributed by atoms with Gasteiger partial charge in [0.1, 0.15) is 5.82 Å². The topological polar surface area (TPSA) is 37.8 Å². The highest BCUT2D eigenvalue weighted by Crippen LogP contribution is 2.26. The molecule has 2 rings (SSSR count). The Morgan fingerprint density at radius 1 is 1.45 bits per heavy atom. The van der Waals surface area contributed by atoms with Gasteiger partial charge in [-0.3, -0.25) is 0 Å². The van der Waals surface area contributed by atoms with Crippen LogP contribution in [0.1, 0.15) is 35.5 Å². The first-order valence-corrected chi connectivity index (χ1v) is 7.73. The summed E-state index contributed by atoms with van der Waals surface area (Å²) in [7, 11) is 1.87. The maximum absolute atomic E-state index is 13.9. The van der Waals surface area contributed by atoms with E-state index in [1.54, 1.807) is 12.1 Å². The molecule has 1 heterocycles. The molecule has 0 spiro atoms. The number of likely N-dealkylation sites (N-methyl/N-ethyl adjacent to an activating group) is 1. The lowest BCUT2D eigenvalue weighted by molar-refractivity contribution is 0.555. The summed E-state index contributed by atoms with van der Waals surface area (Å²) in [6, 6.07) is 4.81. The van der Waals surface area contributed by atoms with Gasteiger partial charge in [-0.05, 0) is 49.1 Å². The number of benzene rings is 1. The Bertz CT molecular complexity index is 573. The molecule has 3 nitrogen and oxygen atoms in total. The van der Waals surface area contributed by atoms with Crippen LogP contribution in [0.2, 0.25) is 5.02 Å². The molecule has 1 atom stereocenters. The number of nitrogens with zero attached hydrogens (tertiary/aromatic N) is 2. The van der Waals surface area contributed by atoms with E-state index in [1.165, 1.54) is 17.6 Å². The highest BCUT2D eigenvalue weighted by molar-refractivity contribution is 7.05. The Labute approximate surface area is 127 Å². The SMILES string of the molecule is CCCc1nnsc1C(Cc1ccc(Cl)cc1F)NC. The summed E-state index contributed by atoms with van der Waals surface area (Å²) in [5.41, 5.74) is 1.65. The standard InChI is InChI=1S/C14H17ClFN3S/c1-3-4-12-14(20-19-18-12)13(17-2)7-9-5-6-10(15)8-11(9)16/h5-6,8,13,17H,3-4,7H2,1-2H3. The van der Waals surface area contributed by atoms with E-state index in [9.17, 15) is 4.39 Å². The third kappa shape index (κ3) is 3.53. The Hall–Kier alpha value is -1.04. The summed E-state index contributed by atoms with van der Waals surface area (Å²) in [5.74, 6) is -0.271. The first-order valence-electron chi connectivity index (χ1n) is 6.58. The molecule has 0 aliphatic heterocycles.